The molecule has 1 aliphatic heterocycles. The van der Waals surface area contributed by atoms with Crippen molar-refractivity contribution < 1.29 is 18.6 Å². The second kappa shape index (κ2) is 8.54. The number of ether oxygens (including phenoxy) is 3. The molecule has 1 aliphatic rings. The van der Waals surface area contributed by atoms with Crippen molar-refractivity contribution in [1.82, 2.24) is 0 Å². The molecule has 2 atom stereocenters. The van der Waals surface area contributed by atoms with Crippen molar-refractivity contribution in [2.24, 2.45) is 0 Å². The minimum atomic E-state index is -0.255. The van der Waals surface area contributed by atoms with E-state index in [-0.39, 0.29) is 17.8 Å². The van der Waals surface area contributed by atoms with Crippen LogP contribution in [0.3, 0.4) is 0 Å². The number of aryl methyl sites for hydroxylation is 1. The Morgan fingerprint density at radius 3 is 2.46 bits per heavy atom. The van der Waals surface area contributed by atoms with Gasteiger partial charge in [-0.25, -0.2) is 4.39 Å². The Morgan fingerprint density at radius 2 is 1.81 bits per heavy atom. The van der Waals surface area contributed by atoms with E-state index < -0.39 is 0 Å². The molecule has 4 heteroatoms. The van der Waals surface area contributed by atoms with E-state index in [0.717, 1.165) is 24.2 Å². The molecule has 0 bridgehead atoms. The lowest BCUT2D eigenvalue weighted by Gasteiger charge is -2.30. The fourth-order valence-corrected chi connectivity index (χ4v) is 3.39. The summed E-state index contributed by atoms with van der Waals surface area (Å²) in [5, 5.41) is 0. The summed E-state index contributed by atoms with van der Waals surface area (Å²) in [6.07, 6.45) is 1.96. The van der Waals surface area contributed by atoms with Crippen molar-refractivity contribution in [3.05, 3.63) is 58.9 Å². The van der Waals surface area contributed by atoms with E-state index in [1.54, 1.807) is 6.07 Å². The maximum absolute atomic E-state index is 14.4. The van der Waals surface area contributed by atoms with Gasteiger partial charge >= 0.3 is 0 Å². The molecule has 0 N–H and O–H groups in total. The summed E-state index contributed by atoms with van der Waals surface area (Å²) in [5.74, 6) is 1.16. The van der Waals surface area contributed by atoms with Crippen LogP contribution in [0.2, 0.25) is 0 Å². The zero-order chi connectivity index (χ0) is 18.5. The molecule has 1 fully saturated rings. The minimum absolute atomic E-state index is 0.0837. The molecule has 1 saturated heterocycles. The van der Waals surface area contributed by atoms with Gasteiger partial charge in [-0.15, -0.1) is 0 Å². The van der Waals surface area contributed by atoms with Crippen molar-refractivity contribution in [2.45, 2.75) is 45.6 Å². The second-order valence-corrected chi connectivity index (χ2v) is 6.88. The first-order valence-electron chi connectivity index (χ1n) is 9.31. The highest BCUT2D eigenvalue weighted by molar-refractivity contribution is 5.39. The molecule has 0 saturated carbocycles. The van der Waals surface area contributed by atoms with Crippen LogP contribution in [0.4, 0.5) is 4.39 Å². The Morgan fingerprint density at radius 1 is 1.04 bits per heavy atom. The molecule has 1 heterocycles. The fourth-order valence-electron chi connectivity index (χ4n) is 3.39. The van der Waals surface area contributed by atoms with Crippen LogP contribution in [0.15, 0.2) is 36.4 Å². The van der Waals surface area contributed by atoms with Crippen LogP contribution in [0.5, 0.6) is 11.5 Å². The van der Waals surface area contributed by atoms with Gasteiger partial charge in [0, 0.05) is 5.92 Å². The Labute approximate surface area is 155 Å². The Balaban J connectivity index is 1.55. The quantitative estimate of drug-likeness (QED) is 0.712. The zero-order valence-electron chi connectivity index (χ0n) is 15.8. The third-order valence-electron chi connectivity index (χ3n) is 4.96. The number of halogens is 1. The van der Waals surface area contributed by atoms with Gasteiger partial charge in [0.15, 0.2) is 11.6 Å². The first kappa shape index (κ1) is 18.7. The standard InChI is InChI=1S/C22H27FO3/c1-4-24-21-12-11-20(16(3)22(21)23)17-7-10-19(25-13-17)14-26-18-8-5-15(2)6-9-18/h5-6,8-9,11-12,17,19H,4,7,10,13-14H2,1-3H3. The Hall–Kier alpha value is -2.07. The van der Waals surface area contributed by atoms with Gasteiger partial charge in [-0.3, -0.25) is 0 Å². The molecule has 26 heavy (non-hydrogen) atoms. The minimum Gasteiger partial charge on any atom is -0.491 e. The van der Waals surface area contributed by atoms with E-state index in [9.17, 15) is 4.39 Å². The average molecular weight is 358 g/mol. The number of benzene rings is 2. The second-order valence-electron chi connectivity index (χ2n) is 6.88. The van der Waals surface area contributed by atoms with Crippen LogP contribution in [0.1, 0.15) is 42.4 Å². The van der Waals surface area contributed by atoms with Crippen molar-refractivity contribution in [3.63, 3.8) is 0 Å². The van der Waals surface area contributed by atoms with E-state index in [2.05, 4.69) is 6.92 Å². The fraction of sp³-hybridized carbons (Fsp3) is 0.455. The van der Waals surface area contributed by atoms with Gasteiger partial charge in [-0.2, -0.15) is 0 Å². The summed E-state index contributed by atoms with van der Waals surface area (Å²) < 4.78 is 31.6. The monoisotopic (exact) mass is 358 g/mol. The van der Waals surface area contributed by atoms with Crippen LogP contribution in [0, 0.1) is 19.7 Å². The third kappa shape index (κ3) is 4.36. The Kier molecular flexibility index (Phi) is 6.15. The summed E-state index contributed by atoms with van der Waals surface area (Å²) in [7, 11) is 0. The zero-order valence-corrected chi connectivity index (χ0v) is 15.8. The molecule has 0 spiro atoms. The van der Waals surface area contributed by atoms with Crippen LogP contribution in [0.25, 0.3) is 0 Å². The highest BCUT2D eigenvalue weighted by Gasteiger charge is 2.26. The van der Waals surface area contributed by atoms with Gasteiger partial charge in [0.05, 0.1) is 19.3 Å². The Bertz CT molecular complexity index is 719. The topological polar surface area (TPSA) is 27.7 Å². The van der Waals surface area contributed by atoms with Crippen LogP contribution in [-0.2, 0) is 4.74 Å². The molecule has 3 rings (SSSR count). The van der Waals surface area contributed by atoms with Crippen LogP contribution < -0.4 is 9.47 Å². The molecule has 0 radical (unpaired) electrons. The average Bonchev–Trinajstić information content (AvgIpc) is 2.66. The van der Waals surface area contributed by atoms with E-state index >= 15 is 0 Å². The predicted octanol–water partition coefficient (Wildman–Crippen LogP) is 5.18. The molecule has 0 aliphatic carbocycles. The van der Waals surface area contributed by atoms with E-state index in [1.807, 2.05) is 44.2 Å². The van der Waals surface area contributed by atoms with E-state index in [1.165, 1.54) is 5.56 Å². The maximum atomic E-state index is 14.4. The summed E-state index contributed by atoms with van der Waals surface area (Å²) in [6.45, 7) is 7.34. The van der Waals surface area contributed by atoms with Gasteiger partial charge in [0.1, 0.15) is 12.4 Å². The van der Waals surface area contributed by atoms with Crippen molar-refractivity contribution >= 4 is 0 Å². The normalized spacial score (nSPS) is 20.0. The van der Waals surface area contributed by atoms with Gasteiger partial charge in [-0.05, 0) is 62.9 Å². The van der Waals surface area contributed by atoms with E-state index in [4.69, 9.17) is 14.2 Å². The van der Waals surface area contributed by atoms with Gasteiger partial charge in [0.2, 0.25) is 0 Å². The first-order valence-corrected chi connectivity index (χ1v) is 9.31. The molecular formula is C22H27FO3. The molecule has 0 amide bonds. The van der Waals surface area contributed by atoms with Crippen LogP contribution >= 0.6 is 0 Å². The predicted molar refractivity (Wildman–Crippen MR) is 101 cm³/mol. The maximum Gasteiger partial charge on any atom is 0.168 e. The molecular weight excluding hydrogens is 331 g/mol. The molecule has 2 aromatic rings. The molecule has 3 nitrogen and oxygen atoms in total. The number of rotatable bonds is 6. The smallest absolute Gasteiger partial charge is 0.168 e. The highest BCUT2D eigenvalue weighted by atomic mass is 19.1. The lowest BCUT2D eigenvalue weighted by Crippen LogP contribution is -2.30. The molecule has 2 aromatic carbocycles. The van der Waals surface area contributed by atoms with Crippen molar-refractivity contribution in [1.29, 1.82) is 0 Å². The van der Waals surface area contributed by atoms with Crippen molar-refractivity contribution in [2.75, 3.05) is 19.8 Å². The molecule has 140 valence electrons. The summed E-state index contributed by atoms with van der Waals surface area (Å²) in [6, 6.07) is 11.7. The van der Waals surface area contributed by atoms with Gasteiger partial charge in [-0.1, -0.05) is 23.8 Å². The van der Waals surface area contributed by atoms with Crippen molar-refractivity contribution in [3.8, 4) is 11.5 Å². The highest BCUT2D eigenvalue weighted by Crippen LogP contribution is 2.34. The molecule has 0 aromatic heterocycles. The number of hydrogen-bond donors (Lipinski definition) is 0. The largest absolute Gasteiger partial charge is 0.491 e. The first-order chi connectivity index (χ1) is 12.6. The lowest BCUT2D eigenvalue weighted by atomic mass is 9.88. The van der Waals surface area contributed by atoms with Gasteiger partial charge < -0.3 is 14.2 Å². The lowest BCUT2D eigenvalue weighted by molar-refractivity contribution is -0.0213. The van der Waals surface area contributed by atoms with Crippen LogP contribution in [-0.4, -0.2) is 25.9 Å². The third-order valence-corrected chi connectivity index (χ3v) is 4.96. The summed E-state index contributed by atoms with van der Waals surface area (Å²) >= 11 is 0. The summed E-state index contributed by atoms with van der Waals surface area (Å²) in [5.41, 5.74) is 2.90. The molecule has 2 unspecified atom stereocenters. The summed E-state index contributed by atoms with van der Waals surface area (Å²) in [4.78, 5) is 0. The van der Waals surface area contributed by atoms with Gasteiger partial charge in [0.25, 0.3) is 0 Å². The SMILES string of the molecule is CCOc1ccc(C2CCC(COc3ccc(C)cc3)OC2)c(C)c1F. The van der Waals surface area contributed by atoms with E-state index in [0.29, 0.717) is 31.1 Å². The number of hydrogen-bond acceptors (Lipinski definition) is 3.